The van der Waals surface area contributed by atoms with Crippen LogP contribution in [0.1, 0.15) is 33.6 Å². The molecule has 1 N–H and O–H groups in total. The Balaban J connectivity index is 1.53. The molecule has 1 fully saturated rings. The van der Waals surface area contributed by atoms with E-state index in [4.69, 9.17) is 4.74 Å². The Morgan fingerprint density at radius 3 is 2.64 bits per heavy atom. The average molecular weight is 387 g/mol. The number of amides is 2. The number of aryl methyl sites for hydroxylation is 2. The van der Waals surface area contributed by atoms with Gasteiger partial charge in [0.05, 0.1) is 7.11 Å². The van der Waals surface area contributed by atoms with Crippen molar-refractivity contribution in [2.45, 2.75) is 12.8 Å². The van der Waals surface area contributed by atoms with Gasteiger partial charge < -0.3 is 19.5 Å². The largest absolute Gasteiger partial charge is 0.479 e. The van der Waals surface area contributed by atoms with Crippen LogP contribution >= 0.6 is 0 Å². The highest BCUT2D eigenvalue weighted by Crippen LogP contribution is 2.19. The smallest absolute Gasteiger partial charge is 0.263 e. The number of nitrogens with one attached hydrogen (secondary N) is 1. The van der Waals surface area contributed by atoms with Gasteiger partial charge in [0, 0.05) is 46.1 Å². The second-order valence-electron chi connectivity index (χ2n) is 7.01. The number of pyridine rings is 1. The van der Waals surface area contributed by atoms with Gasteiger partial charge in [-0.05, 0) is 30.9 Å². The Morgan fingerprint density at radius 1 is 1.25 bits per heavy atom. The highest BCUT2D eigenvalue weighted by Gasteiger charge is 2.26. The number of ether oxygens (including phenoxy) is 1. The average Bonchev–Trinajstić information content (AvgIpc) is 3.09. The van der Waals surface area contributed by atoms with Crippen LogP contribution in [0.25, 0.3) is 0 Å². The first-order valence-corrected chi connectivity index (χ1v) is 9.21. The fourth-order valence-corrected chi connectivity index (χ4v) is 3.38. The highest BCUT2D eigenvalue weighted by molar-refractivity contribution is 5.96. The lowest BCUT2D eigenvalue weighted by Crippen LogP contribution is -2.43. The summed E-state index contributed by atoms with van der Waals surface area (Å²) in [5.74, 6) is 0.110. The van der Waals surface area contributed by atoms with Crippen LogP contribution in [-0.4, -0.2) is 57.8 Å². The molecule has 0 saturated carbocycles. The number of nitrogens with zero attached hydrogens (tertiary/aromatic N) is 4. The molecular formula is C19H25N5O4. The van der Waals surface area contributed by atoms with Crippen LogP contribution in [0.15, 0.2) is 29.3 Å². The molecule has 28 heavy (non-hydrogen) atoms. The molecule has 0 aromatic carbocycles. The minimum absolute atomic E-state index is 0.195. The van der Waals surface area contributed by atoms with E-state index in [1.807, 2.05) is 0 Å². The van der Waals surface area contributed by atoms with Crippen molar-refractivity contribution in [1.29, 1.82) is 0 Å². The molecule has 0 unspecified atom stereocenters. The molecule has 150 valence electrons. The summed E-state index contributed by atoms with van der Waals surface area (Å²) in [5, 5.41) is 7.00. The van der Waals surface area contributed by atoms with Crippen molar-refractivity contribution in [2.75, 3.05) is 26.7 Å². The van der Waals surface area contributed by atoms with Crippen molar-refractivity contribution in [1.82, 2.24) is 24.6 Å². The lowest BCUT2D eigenvalue weighted by Gasteiger charge is -2.32. The van der Waals surface area contributed by atoms with Crippen LogP contribution in [0, 0.1) is 5.92 Å². The van der Waals surface area contributed by atoms with Gasteiger partial charge >= 0.3 is 0 Å². The number of piperidine rings is 1. The van der Waals surface area contributed by atoms with Crippen molar-refractivity contribution in [2.24, 2.45) is 20.0 Å². The SMILES string of the molecule is COc1nn(C)cc1C(=O)NCC1CCN(C(=O)c2cccn(C)c2=O)CC1. The lowest BCUT2D eigenvalue weighted by molar-refractivity contribution is 0.0682. The molecule has 0 radical (unpaired) electrons. The molecule has 1 aliphatic heterocycles. The standard InChI is InChI=1S/C19H25N5O4/c1-22-8-4-5-14(18(22)26)19(27)24-9-6-13(7-10-24)11-20-16(25)15-12-23(2)21-17(15)28-3/h4-5,8,12-13H,6-7,9-11H2,1-3H3,(H,20,25). The second kappa shape index (κ2) is 8.28. The minimum atomic E-state index is -0.285. The molecule has 2 amide bonds. The number of hydrogen-bond donors (Lipinski definition) is 1. The Bertz CT molecular complexity index is 925. The monoisotopic (exact) mass is 387 g/mol. The van der Waals surface area contributed by atoms with E-state index in [9.17, 15) is 14.4 Å². The van der Waals surface area contributed by atoms with Crippen molar-refractivity contribution < 1.29 is 14.3 Å². The van der Waals surface area contributed by atoms with Crippen molar-refractivity contribution in [3.8, 4) is 5.88 Å². The van der Waals surface area contributed by atoms with Gasteiger partial charge in [-0.25, -0.2) is 0 Å². The Hall–Kier alpha value is -3.10. The Kier molecular flexibility index (Phi) is 5.81. The third-order valence-electron chi connectivity index (χ3n) is 5.04. The first-order valence-electron chi connectivity index (χ1n) is 9.21. The number of rotatable bonds is 5. The van der Waals surface area contributed by atoms with Crippen LogP contribution in [-0.2, 0) is 14.1 Å². The molecular weight excluding hydrogens is 362 g/mol. The molecule has 9 heteroatoms. The van der Waals surface area contributed by atoms with E-state index in [-0.39, 0.29) is 28.9 Å². The number of likely N-dealkylation sites (tertiary alicyclic amines) is 1. The van der Waals surface area contributed by atoms with E-state index in [1.165, 1.54) is 16.4 Å². The lowest BCUT2D eigenvalue weighted by atomic mass is 9.96. The quantitative estimate of drug-likeness (QED) is 0.801. The summed E-state index contributed by atoms with van der Waals surface area (Å²) in [6.07, 6.45) is 4.79. The second-order valence-corrected chi connectivity index (χ2v) is 7.01. The van der Waals surface area contributed by atoms with E-state index >= 15 is 0 Å². The van der Waals surface area contributed by atoms with Crippen LogP contribution < -0.4 is 15.6 Å². The summed E-state index contributed by atoms with van der Waals surface area (Å²) in [6.45, 7) is 1.65. The normalized spacial score (nSPS) is 14.8. The van der Waals surface area contributed by atoms with Crippen LogP contribution in [0.5, 0.6) is 5.88 Å². The predicted octanol–water partition coefficient (Wildman–Crippen LogP) is 0.410. The van der Waals surface area contributed by atoms with Gasteiger partial charge in [0.15, 0.2) is 0 Å². The summed E-state index contributed by atoms with van der Waals surface area (Å²) < 4.78 is 8.05. The van der Waals surface area contributed by atoms with Crippen molar-refractivity contribution in [3.63, 3.8) is 0 Å². The zero-order chi connectivity index (χ0) is 20.3. The molecule has 0 bridgehead atoms. The third kappa shape index (κ3) is 4.08. The number of methoxy groups -OCH3 is 1. The summed E-state index contributed by atoms with van der Waals surface area (Å²) in [7, 11) is 4.84. The van der Waals surface area contributed by atoms with Gasteiger partial charge in [0.2, 0.25) is 5.88 Å². The molecule has 0 spiro atoms. The van der Waals surface area contributed by atoms with Gasteiger partial charge in [0.1, 0.15) is 11.1 Å². The van der Waals surface area contributed by atoms with E-state index < -0.39 is 0 Å². The van der Waals surface area contributed by atoms with Crippen LogP contribution in [0.4, 0.5) is 0 Å². The summed E-state index contributed by atoms with van der Waals surface area (Å²) in [4.78, 5) is 38.8. The zero-order valence-corrected chi connectivity index (χ0v) is 16.3. The highest BCUT2D eigenvalue weighted by atomic mass is 16.5. The fourth-order valence-electron chi connectivity index (χ4n) is 3.38. The molecule has 2 aromatic heterocycles. The predicted molar refractivity (Wildman–Crippen MR) is 102 cm³/mol. The number of carbonyl (C=O) groups is 2. The van der Waals surface area contributed by atoms with E-state index in [0.29, 0.717) is 31.1 Å². The van der Waals surface area contributed by atoms with Gasteiger partial charge in [0.25, 0.3) is 17.4 Å². The molecule has 1 saturated heterocycles. The van der Waals surface area contributed by atoms with E-state index in [1.54, 1.807) is 43.5 Å². The van der Waals surface area contributed by atoms with Crippen LogP contribution in [0.3, 0.4) is 0 Å². The fraction of sp³-hybridized carbons (Fsp3) is 0.474. The van der Waals surface area contributed by atoms with Crippen LogP contribution in [0.2, 0.25) is 0 Å². The van der Waals surface area contributed by atoms with Gasteiger partial charge in [-0.2, -0.15) is 0 Å². The Morgan fingerprint density at radius 2 is 1.96 bits per heavy atom. The van der Waals surface area contributed by atoms with Crippen molar-refractivity contribution >= 4 is 11.8 Å². The third-order valence-corrected chi connectivity index (χ3v) is 5.04. The van der Waals surface area contributed by atoms with E-state index in [0.717, 1.165) is 12.8 Å². The maximum absolute atomic E-state index is 12.6. The van der Waals surface area contributed by atoms with Crippen molar-refractivity contribution in [3.05, 3.63) is 46.0 Å². The maximum Gasteiger partial charge on any atom is 0.263 e. The number of carbonyl (C=O) groups excluding carboxylic acids is 2. The zero-order valence-electron chi connectivity index (χ0n) is 16.3. The molecule has 9 nitrogen and oxygen atoms in total. The first kappa shape index (κ1) is 19.7. The van der Waals surface area contributed by atoms with E-state index in [2.05, 4.69) is 10.4 Å². The van der Waals surface area contributed by atoms with Gasteiger partial charge in [-0.15, -0.1) is 5.10 Å². The molecule has 2 aromatic rings. The summed E-state index contributed by atoms with van der Waals surface area (Å²) >= 11 is 0. The minimum Gasteiger partial charge on any atom is -0.479 e. The molecule has 0 atom stereocenters. The number of aromatic nitrogens is 3. The number of hydrogen-bond acceptors (Lipinski definition) is 5. The molecule has 3 rings (SSSR count). The van der Waals surface area contributed by atoms with Gasteiger partial charge in [-0.3, -0.25) is 19.1 Å². The maximum atomic E-state index is 12.6. The molecule has 3 heterocycles. The molecule has 1 aliphatic rings. The molecule has 0 aliphatic carbocycles. The Labute approximate surface area is 162 Å². The summed E-state index contributed by atoms with van der Waals surface area (Å²) in [6, 6.07) is 3.27. The topological polar surface area (TPSA) is 98.5 Å². The van der Waals surface area contributed by atoms with Gasteiger partial charge in [-0.1, -0.05) is 0 Å². The first-order chi connectivity index (χ1) is 13.4. The summed E-state index contributed by atoms with van der Waals surface area (Å²) in [5.41, 5.74) is 0.310.